The van der Waals surface area contributed by atoms with E-state index in [1.54, 1.807) is 0 Å². The van der Waals surface area contributed by atoms with E-state index in [0.717, 1.165) is 0 Å². The van der Waals surface area contributed by atoms with Gasteiger partial charge in [0.2, 0.25) is 0 Å². The van der Waals surface area contributed by atoms with Gasteiger partial charge in [-0.3, -0.25) is 4.72 Å². The largest absolute Gasteiger partial charge is 0.384 e. The third-order valence-electron chi connectivity index (χ3n) is 2.31. The Labute approximate surface area is 134 Å². The van der Waals surface area contributed by atoms with Crippen LogP contribution in [0.1, 0.15) is 0 Å². The molecule has 0 radical (unpaired) electrons. The molecule has 0 saturated heterocycles. The fraction of sp³-hybridized carbons (Fsp3) is 0. The molecule has 9 heteroatoms. The summed E-state index contributed by atoms with van der Waals surface area (Å²) < 4.78 is 27.4. The number of sulfonamides is 1. The second-order valence-electron chi connectivity index (χ2n) is 3.77. The van der Waals surface area contributed by atoms with Gasteiger partial charge in [-0.2, -0.15) is 0 Å². The lowest BCUT2D eigenvalue weighted by Crippen LogP contribution is -2.14. The first-order valence-electron chi connectivity index (χ1n) is 5.18. The average Bonchev–Trinajstić information content (AvgIpc) is 2.34. The van der Waals surface area contributed by atoms with Crippen LogP contribution in [0, 0.1) is 0 Å². The second-order valence-corrected chi connectivity index (χ2v) is 7.18. The summed E-state index contributed by atoms with van der Waals surface area (Å²) >= 11 is 15.2. The van der Waals surface area contributed by atoms with Crippen molar-refractivity contribution in [2.24, 2.45) is 0 Å². The van der Waals surface area contributed by atoms with E-state index >= 15 is 0 Å². The number of anilines is 2. The van der Waals surface area contributed by atoms with Crippen LogP contribution in [0.2, 0.25) is 10.0 Å². The zero-order valence-electron chi connectivity index (χ0n) is 9.77. The molecule has 2 aromatic rings. The molecule has 0 aliphatic rings. The predicted octanol–water partition coefficient (Wildman–Crippen LogP) is 3.53. The fourth-order valence-corrected chi connectivity index (χ4v) is 3.97. The molecule has 3 N–H and O–H groups in total. The molecule has 0 bridgehead atoms. The van der Waals surface area contributed by atoms with Crippen molar-refractivity contribution < 1.29 is 8.42 Å². The smallest absolute Gasteiger partial charge is 0.262 e. The van der Waals surface area contributed by atoms with Crippen LogP contribution in [0.5, 0.6) is 0 Å². The van der Waals surface area contributed by atoms with Gasteiger partial charge < -0.3 is 5.73 Å². The minimum absolute atomic E-state index is 0.0277. The Hall–Kier alpha value is -1.02. The van der Waals surface area contributed by atoms with Crippen molar-refractivity contribution in [3.8, 4) is 0 Å². The molecule has 0 aliphatic heterocycles. The first-order valence-corrected chi connectivity index (χ1v) is 8.22. The number of hydrogen-bond acceptors (Lipinski definition) is 4. The SMILES string of the molecule is Nc1cc(S(=O)(=O)Nc2c(Cl)cc(Br)cc2Cl)ccn1. The summed E-state index contributed by atoms with van der Waals surface area (Å²) in [6, 6.07) is 5.63. The van der Waals surface area contributed by atoms with Crippen molar-refractivity contribution in [1.29, 1.82) is 0 Å². The molecule has 20 heavy (non-hydrogen) atoms. The maximum absolute atomic E-state index is 12.2. The summed E-state index contributed by atoms with van der Waals surface area (Å²) in [6.07, 6.45) is 1.30. The Morgan fingerprint density at radius 3 is 2.35 bits per heavy atom. The van der Waals surface area contributed by atoms with Crippen LogP contribution >= 0.6 is 39.1 Å². The van der Waals surface area contributed by atoms with Crippen molar-refractivity contribution in [1.82, 2.24) is 4.98 Å². The van der Waals surface area contributed by atoms with E-state index in [2.05, 4.69) is 25.6 Å². The Balaban J connectivity index is 2.44. The van der Waals surface area contributed by atoms with Gasteiger partial charge in [0.1, 0.15) is 5.82 Å². The van der Waals surface area contributed by atoms with Crippen LogP contribution in [-0.2, 0) is 10.0 Å². The van der Waals surface area contributed by atoms with E-state index in [0.29, 0.717) is 4.47 Å². The molecule has 0 spiro atoms. The molecule has 0 aliphatic carbocycles. The van der Waals surface area contributed by atoms with Gasteiger partial charge in [-0.1, -0.05) is 39.1 Å². The van der Waals surface area contributed by atoms with Gasteiger partial charge in [0.05, 0.1) is 20.6 Å². The van der Waals surface area contributed by atoms with Gasteiger partial charge in [0.15, 0.2) is 0 Å². The van der Waals surface area contributed by atoms with Crippen LogP contribution in [0.3, 0.4) is 0 Å². The van der Waals surface area contributed by atoms with Gasteiger partial charge >= 0.3 is 0 Å². The number of nitrogen functional groups attached to an aromatic ring is 1. The summed E-state index contributed by atoms with van der Waals surface area (Å²) in [5, 5.41) is 0.352. The molecule has 0 amide bonds. The molecular weight excluding hydrogens is 389 g/mol. The number of rotatable bonds is 3. The first kappa shape index (κ1) is 15.4. The first-order chi connectivity index (χ1) is 9.29. The number of hydrogen-bond donors (Lipinski definition) is 2. The number of halogens is 3. The number of benzene rings is 1. The number of nitrogens with two attached hydrogens (primary N) is 1. The molecule has 0 fully saturated rings. The van der Waals surface area contributed by atoms with Crippen LogP contribution in [0.25, 0.3) is 0 Å². The summed E-state index contributed by atoms with van der Waals surface area (Å²) in [6.45, 7) is 0. The fourth-order valence-electron chi connectivity index (χ4n) is 1.43. The zero-order valence-corrected chi connectivity index (χ0v) is 13.7. The zero-order chi connectivity index (χ0) is 14.9. The van der Waals surface area contributed by atoms with E-state index in [4.69, 9.17) is 28.9 Å². The van der Waals surface area contributed by atoms with E-state index in [1.165, 1.54) is 30.5 Å². The Morgan fingerprint density at radius 1 is 1.20 bits per heavy atom. The molecule has 5 nitrogen and oxygen atoms in total. The number of nitrogens with one attached hydrogen (secondary N) is 1. The van der Waals surface area contributed by atoms with Crippen molar-refractivity contribution in [2.45, 2.75) is 4.90 Å². The van der Waals surface area contributed by atoms with Crippen LogP contribution in [0.15, 0.2) is 39.8 Å². The van der Waals surface area contributed by atoms with Gasteiger partial charge in [-0.15, -0.1) is 0 Å². The van der Waals surface area contributed by atoms with E-state index in [1.807, 2.05) is 0 Å². The highest BCUT2D eigenvalue weighted by atomic mass is 79.9. The predicted molar refractivity (Wildman–Crippen MR) is 83.6 cm³/mol. The highest BCUT2D eigenvalue weighted by Gasteiger charge is 2.18. The highest BCUT2D eigenvalue weighted by Crippen LogP contribution is 2.35. The lowest BCUT2D eigenvalue weighted by Gasteiger charge is -2.12. The van der Waals surface area contributed by atoms with Crippen molar-refractivity contribution in [3.05, 3.63) is 45.0 Å². The standard InChI is InChI=1S/C11H8BrCl2N3O2S/c12-6-3-8(13)11(9(14)4-6)17-20(18,19)7-1-2-16-10(15)5-7/h1-5,17H,(H2,15,16). The molecule has 1 heterocycles. The molecule has 0 saturated carbocycles. The molecular formula is C11H8BrCl2N3O2S. The summed E-state index contributed by atoms with van der Waals surface area (Å²) in [5.41, 5.74) is 5.57. The van der Waals surface area contributed by atoms with E-state index in [-0.39, 0.29) is 26.4 Å². The van der Waals surface area contributed by atoms with Gasteiger partial charge in [0, 0.05) is 16.7 Å². The molecule has 0 atom stereocenters. The van der Waals surface area contributed by atoms with Gasteiger partial charge in [-0.05, 0) is 18.2 Å². The second kappa shape index (κ2) is 5.77. The average molecular weight is 397 g/mol. The van der Waals surface area contributed by atoms with Gasteiger partial charge in [-0.25, -0.2) is 13.4 Å². The number of aromatic nitrogens is 1. The molecule has 1 aromatic carbocycles. The minimum atomic E-state index is -3.85. The van der Waals surface area contributed by atoms with Gasteiger partial charge in [0.25, 0.3) is 10.0 Å². The Kier molecular flexibility index (Phi) is 4.43. The minimum Gasteiger partial charge on any atom is -0.384 e. The maximum atomic E-state index is 12.2. The third kappa shape index (κ3) is 3.35. The molecule has 106 valence electrons. The lowest BCUT2D eigenvalue weighted by molar-refractivity contribution is 0.601. The van der Waals surface area contributed by atoms with Crippen LogP contribution < -0.4 is 10.5 Å². The van der Waals surface area contributed by atoms with Crippen LogP contribution in [-0.4, -0.2) is 13.4 Å². The Bertz CT molecular complexity index is 745. The monoisotopic (exact) mass is 395 g/mol. The topological polar surface area (TPSA) is 85.1 Å². The molecule has 1 aromatic heterocycles. The van der Waals surface area contributed by atoms with Crippen molar-refractivity contribution >= 4 is 60.7 Å². The van der Waals surface area contributed by atoms with E-state index in [9.17, 15) is 8.42 Å². The van der Waals surface area contributed by atoms with Crippen molar-refractivity contribution in [3.63, 3.8) is 0 Å². The summed E-state index contributed by atoms with van der Waals surface area (Å²) in [4.78, 5) is 3.71. The van der Waals surface area contributed by atoms with Crippen LogP contribution in [0.4, 0.5) is 11.5 Å². The number of nitrogens with zero attached hydrogens (tertiary/aromatic N) is 1. The number of pyridine rings is 1. The lowest BCUT2D eigenvalue weighted by atomic mass is 10.3. The van der Waals surface area contributed by atoms with Crippen molar-refractivity contribution in [2.75, 3.05) is 10.5 Å². The normalized spacial score (nSPS) is 11.3. The highest BCUT2D eigenvalue weighted by molar-refractivity contribution is 9.10. The third-order valence-corrected chi connectivity index (χ3v) is 4.71. The molecule has 2 rings (SSSR count). The maximum Gasteiger partial charge on any atom is 0.262 e. The summed E-state index contributed by atoms with van der Waals surface area (Å²) in [5.74, 6) is 0.0980. The Morgan fingerprint density at radius 2 is 1.80 bits per heavy atom. The quantitative estimate of drug-likeness (QED) is 0.830. The summed E-state index contributed by atoms with van der Waals surface area (Å²) in [7, 11) is -3.85. The molecule has 0 unspecified atom stereocenters. The van der Waals surface area contributed by atoms with E-state index < -0.39 is 10.0 Å².